The Balaban J connectivity index is 1.59. The van der Waals surface area contributed by atoms with E-state index >= 15 is 0 Å². The zero-order chi connectivity index (χ0) is 34.8. The second-order valence-electron chi connectivity index (χ2n) is 11.0. The molecule has 1 aliphatic rings. The number of nitrogens with zero attached hydrogens (tertiary/aromatic N) is 2. The molecule has 16 heteroatoms. The Morgan fingerprint density at radius 1 is 1.10 bits per heavy atom. The van der Waals surface area contributed by atoms with E-state index in [1.54, 1.807) is 24.3 Å². The predicted molar refractivity (Wildman–Crippen MR) is 170 cm³/mol. The Bertz CT molecular complexity index is 1960. The summed E-state index contributed by atoms with van der Waals surface area (Å²) in [7, 11) is -3.83. The summed E-state index contributed by atoms with van der Waals surface area (Å²) in [5.74, 6) is -1.19. The van der Waals surface area contributed by atoms with Crippen molar-refractivity contribution < 1.29 is 45.4 Å². The van der Waals surface area contributed by atoms with Crippen LogP contribution in [0.3, 0.4) is 0 Å². The van der Waals surface area contributed by atoms with Crippen molar-refractivity contribution in [2.45, 2.75) is 49.3 Å². The summed E-state index contributed by atoms with van der Waals surface area (Å²) in [5, 5.41) is 15.9. The molecule has 0 aliphatic carbocycles. The molecule has 5 N–H and O–H groups in total. The second-order valence-corrected chi connectivity index (χ2v) is 13.3. The molecule has 0 saturated carbocycles. The first-order valence-corrected chi connectivity index (χ1v) is 16.4. The van der Waals surface area contributed by atoms with E-state index in [1.165, 1.54) is 48.4 Å². The van der Waals surface area contributed by atoms with E-state index < -0.39 is 52.2 Å². The number of nitrogen functional groups attached to an aromatic ring is 1. The lowest BCUT2D eigenvalue weighted by Crippen LogP contribution is -2.38. The second kappa shape index (κ2) is 13.5. The topological polar surface area (TPSA) is 164 Å². The van der Waals surface area contributed by atoms with E-state index in [2.05, 4.69) is 20.4 Å². The van der Waals surface area contributed by atoms with Gasteiger partial charge in [-0.15, -0.1) is 0 Å². The highest BCUT2D eigenvalue weighted by Gasteiger charge is 2.44. The highest BCUT2D eigenvalue weighted by atomic mass is 32.2. The number of rotatable bonds is 11. The van der Waals surface area contributed by atoms with E-state index in [4.69, 9.17) is 5.73 Å². The normalized spacial score (nSPS) is 15.8. The SMILES string of the molecule is CCS(=O)(=O)c1ccc(NC(=O)O)cc1[C@H]1CCCN1C(=O)[C@H](Nc1ccc2c(N)nccc2c1)c1cccc(OC(F)(F)C(F)F)c1. The van der Waals surface area contributed by atoms with Gasteiger partial charge in [0, 0.05) is 29.5 Å². The van der Waals surface area contributed by atoms with Crippen LogP contribution in [-0.4, -0.2) is 60.2 Å². The molecule has 1 aliphatic heterocycles. The Labute approximate surface area is 272 Å². The van der Waals surface area contributed by atoms with Crippen molar-refractivity contribution in [3.8, 4) is 5.75 Å². The fraction of sp³-hybridized carbons (Fsp3) is 0.281. The number of ether oxygens (including phenoxy) is 1. The Morgan fingerprint density at radius 2 is 1.85 bits per heavy atom. The number of benzene rings is 3. The van der Waals surface area contributed by atoms with Gasteiger partial charge in [0.15, 0.2) is 9.84 Å². The number of aromatic nitrogens is 1. The fourth-order valence-corrected chi connectivity index (χ4v) is 6.81. The summed E-state index contributed by atoms with van der Waals surface area (Å²) in [6.07, 6.45) is -8.00. The van der Waals surface area contributed by atoms with Crippen LogP contribution in [0.5, 0.6) is 5.75 Å². The first-order chi connectivity index (χ1) is 22.7. The van der Waals surface area contributed by atoms with Crippen molar-refractivity contribution >= 4 is 49.8 Å². The number of alkyl halides is 4. The third kappa shape index (κ3) is 7.22. The van der Waals surface area contributed by atoms with Gasteiger partial charge in [0.25, 0.3) is 0 Å². The number of halogens is 4. The van der Waals surface area contributed by atoms with Crippen LogP contribution in [0.4, 0.5) is 39.5 Å². The van der Waals surface area contributed by atoms with Gasteiger partial charge in [-0.05, 0) is 84.0 Å². The number of carbonyl (C=O) groups excluding carboxylic acids is 1. The lowest BCUT2D eigenvalue weighted by Gasteiger charge is -2.31. The van der Waals surface area contributed by atoms with E-state index in [0.717, 1.165) is 12.1 Å². The van der Waals surface area contributed by atoms with Gasteiger partial charge in [-0.25, -0.2) is 18.2 Å². The van der Waals surface area contributed by atoms with Crippen LogP contribution in [0.1, 0.15) is 43.0 Å². The number of hydrogen-bond acceptors (Lipinski definition) is 8. The Morgan fingerprint density at radius 3 is 2.56 bits per heavy atom. The lowest BCUT2D eigenvalue weighted by molar-refractivity contribution is -0.253. The highest BCUT2D eigenvalue weighted by molar-refractivity contribution is 7.91. The number of anilines is 3. The van der Waals surface area contributed by atoms with E-state index in [-0.39, 0.29) is 39.8 Å². The molecule has 2 atom stereocenters. The van der Waals surface area contributed by atoms with Crippen molar-refractivity contribution in [1.82, 2.24) is 9.88 Å². The summed E-state index contributed by atoms with van der Waals surface area (Å²) < 4.78 is 84.1. The largest absolute Gasteiger partial charge is 0.465 e. The molecule has 0 radical (unpaired) electrons. The van der Waals surface area contributed by atoms with Gasteiger partial charge in [0.05, 0.1) is 16.7 Å². The van der Waals surface area contributed by atoms with Gasteiger partial charge in [-0.3, -0.25) is 10.1 Å². The summed E-state index contributed by atoms with van der Waals surface area (Å²) in [6, 6.07) is 13.3. The standard InChI is InChI=1S/C32H31F4N5O6S/c1-2-48(45,46)26-11-9-21(40-31(43)44)17-24(26)25-7-4-14-41(25)29(42)27(19-5-3-6-22(16-19)47-32(35,36)30(33)34)39-20-8-10-23-18(15-20)12-13-38-28(23)37/h3,5-6,8-13,15-17,25,27,30,39-40H,2,4,7,14H2,1H3,(H2,37,38)(H,43,44)/t25-,27-/m1/s1. The van der Waals surface area contributed by atoms with Gasteiger partial charge < -0.3 is 25.8 Å². The van der Waals surface area contributed by atoms with Crippen molar-refractivity contribution in [1.29, 1.82) is 0 Å². The van der Waals surface area contributed by atoms with Crippen LogP contribution in [-0.2, 0) is 14.6 Å². The minimum absolute atomic E-state index is 0.0690. The molecule has 3 aromatic carbocycles. The van der Waals surface area contributed by atoms with Crippen molar-refractivity contribution in [3.05, 3.63) is 84.1 Å². The monoisotopic (exact) mass is 689 g/mol. The number of carbonyl (C=O) groups is 2. The molecule has 2 amide bonds. The van der Waals surface area contributed by atoms with Crippen molar-refractivity contribution in [3.63, 3.8) is 0 Å². The molecular formula is C32H31F4N5O6S. The van der Waals surface area contributed by atoms with Crippen LogP contribution in [0.15, 0.2) is 77.8 Å². The first kappa shape index (κ1) is 34.2. The number of carboxylic acid groups (broad SMARTS) is 1. The van der Waals surface area contributed by atoms with E-state index in [0.29, 0.717) is 29.3 Å². The molecule has 0 spiro atoms. The molecule has 1 aromatic heterocycles. The van der Waals surface area contributed by atoms with Crippen molar-refractivity contribution in [2.75, 3.05) is 28.7 Å². The number of likely N-dealkylation sites (tertiary alicyclic amines) is 1. The average molecular weight is 690 g/mol. The molecule has 11 nitrogen and oxygen atoms in total. The zero-order valence-electron chi connectivity index (χ0n) is 25.4. The molecule has 48 heavy (non-hydrogen) atoms. The van der Waals surface area contributed by atoms with Crippen LogP contribution in [0.2, 0.25) is 0 Å². The quantitative estimate of drug-likeness (QED) is 0.130. The molecule has 4 aromatic rings. The number of fused-ring (bicyclic) bond motifs is 1. The Hall–Kier alpha value is -5.12. The fourth-order valence-electron chi connectivity index (χ4n) is 5.67. The molecule has 254 valence electrons. The van der Waals surface area contributed by atoms with Gasteiger partial charge in [0.2, 0.25) is 5.91 Å². The molecule has 0 bridgehead atoms. The molecule has 1 fully saturated rings. The van der Waals surface area contributed by atoms with Crippen LogP contribution >= 0.6 is 0 Å². The number of hydrogen-bond donors (Lipinski definition) is 4. The molecule has 1 saturated heterocycles. The van der Waals surface area contributed by atoms with Crippen LogP contribution in [0.25, 0.3) is 10.8 Å². The van der Waals surface area contributed by atoms with E-state index in [1.807, 2.05) is 0 Å². The van der Waals surface area contributed by atoms with Crippen LogP contribution in [0, 0.1) is 0 Å². The third-order valence-electron chi connectivity index (χ3n) is 7.92. The smallest absolute Gasteiger partial charge is 0.461 e. The lowest BCUT2D eigenvalue weighted by atomic mass is 10.0. The number of pyridine rings is 1. The maximum Gasteiger partial charge on any atom is 0.461 e. The van der Waals surface area contributed by atoms with Gasteiger partial charge >= 0.3 is 18.6 Å². The van der Waals surface area contributed by atoms with Crippen LogP contribution < -0.4 is 21.1 Å². The molecular weight excluding hydrogens is 658 g/mol. The summed E-state index contributed by atoms with van der Waals surface area (Å²) >= 11 is 0. The highest BCUT2D eigenvalue weighted by Crippen LogP contribution is 2.40. The minimum atomic E-state index is -4.80. The first-order valence-electron chi connectivity index (χ1n) is 14.7. The zero-order valence-corrected chi connectivity index (χ0v) is 26.2. The third-order valence-corrected chi connectivity index (χ3v) is 9.73. The minimum Gasteiger partial charge on any atom is -0.465 e. The summed E-state index contributed by atoms with van der Waals surface area (Å²) in [5.41, 5.74) is 6.77. The number of amides is 2. The maximum atomic E-state index is 14.5. The average Bonchev–Trinajstić information content (AvgIpc) is 3.53. The van der Waals surface area contributed by atoms with Gasteiger partial charge in [0.1, 0.15) is 17.6 Å². The molecule has 0 unspecified atom stereocenters. The van der Waals surface area contributed by atoms with Crippen molar-refractivity contribution in [2.24, 2.45) is 0 Å². The Kier molecular flexibility index (Phi) is 9.66. The summed E-state index contributed by atoms with van der Waals surface area (Å²) in [4.78, 5) is 31.3. The number of nitrogens with one attached hydrogen (secondary N) is 2. The van der Waals surface area contributed by atoms with Gasteiger partial charge in [-0.2, -0.15) is 17.6 Å². The molecule has 2 heterocycles. The van der Waals surface area contributed by atoms with Gasteiger partial charge in [-0.1, -0.05) is 19.1 Å². The number of nitrogens with two attached hydrogens (primary N) is 1. The van der Waals surface area contributed by atoms with E-state index in [9.17, 15) is 40.7 Å². The maximum absolute atomic E-state index is 14.5. The number of sulfone groups is 1. The molecule has 5 rings (SSSR count). The summed E-state index contributed by atoms with van der Waals surface area (Å²) in [6.45, 7) is 1.63. The predicted octanol–water partition coefficient (Wildman–Crippen LogP) is 6.45.